The maximum Gasteiger partial charge on any atom is 0.133 e. The topological polar surface area (TPSA) is 12.0 Å². The van der Waals surface area contributed by atoms with Crippen molar-refractivity contribution in [1.29, 1.82) is 0 Å². The SMILES string of the molecule is CC(C)CNCC(=Cc1c(F)cccc1F)C(C)C. The molecule has 106 valence electrons. The van der Waals surface area contributed by atoms with Gasteiger partial charge in [-0.1, -0.05) is 39.3 Å². The first-order chi connectivity index (χ1) is 8.91. The van der Waals surface area contributed by atoms with Crippen LogP contribution in [0.25, 0.3) is 6.08 Å². The fraction of sp³-hybridized carbons (Fsp3) is 0.500. The van der Waals surface area contributed by atoms with Gasteiger partial charge in [-0.15, -0.1) is 0 Å². The summed E-state index contributed by atoms with van der Waals surface area (Å²) < 4.78 is 27.2. The molecule has 1 aromatic carbocycles. The lowest BCUT2D eigenvalue weighted by atomic mass is 9.99. The third kappa shape index (κ3) is 5.11. The van der Waals surface area contributed by atoms with E-state index in [1.807, 2.05) is 13.8 Å². The van der Waals surface area contributed by atoms with E-state index in [0.717, 1.165) is 12.1 Å². The van der Waals surface area contributed by atoms with E-state index < -0.39 is 11.6 Å². The van der Waals surface area contributed by atoms with Gasteiger partial charge < -0.3 is 5.32 Å². The molecule has 0 radical (unpaired) electrons. The van der Waals surface area contributed by atoms with Crippen LogP contribution in [0.1, 0.15) is 33.3 Å². The Kier molecular flexibility index (Phi) is 6.16. The molecule has 19 heavy (non-hydrogen) atoms. The number of hydrogen-bond acceptors (Lipinski definition) is 1. The molecule has 0 heterocycles. The number of hydrogen-bond donors (Lipinski definition) is 1. The first-order valence-electron chi connectivity index (χ1n) is 6.77. The van der Waals surface area contributed by atoms with Crippen LogP contribution in [-0.4, -0.2) is 13.1 Å². The molecule has 1 rings (SSSR count). The van der Waals surface area contributed by atoms with E-state index in [0.29, 0.717) is 12.5 Å². The predicted octanol–water partition coefficient (Wildman–Crippen LogP) is 4.25. The summed E-state index contributed by atoms with van der Waals surface area (Å²) in [5.41, 5.74) is 1.06. The molecule has 0 bridgehead atoms. The summed E-state index contributed by atoms with van der Waals surface area (Å²) in [6, 6.07) is 3.96. The van der Waals surface area contributed by atoms with Crippen molar-refractivity contribution in [1.82, 2.24) is 5.32 Å². The molecule has 0 aliphatic carbocycles. The van der Waals surface area contributed by atoms with Gasteiger partial charge >= 0.3 is 0 Å². The smallest absolute Gasteiger partial charge is 0.133 e. The molecular weight excluding hydrogens is 244 g/mol. The van der Waals surface area contributed by atoms with Gasteiger partial charge in [-0.3, -0.25) is 0 Å². The average Bonchev–Trinajstić information content (AvgIpc) is 2.31. The van der Waals surface area contributed by atoms with E-state index in [4.69, 9.17) is 0 Å². The van der Waals surface area contributed by atoms with Crippen LogP contribution < -0.4 is 5.32 Å². The minimum atomic E-state index is -0.512. The molecule has 0 aliphatic rings. The fourth-order valence-corrected chi connectivity index (χ4v) is 1.76. The Hall–Kier alpha value is -1.22. The van der Waals surface area contributed by atoms with E-state index >= 15 is 0 Å². The number of halogens is 2. The zero-order valence-corrected chi connectivity index (χ0v) is 12.1. The second kappa shape index (κ2) is 7.39. The van der Waals surface area contributed by atoms with Gasteiger partial charge in [0, 0.05) is 12.1 Å². The Morgan fingerprint density at radius 2 is 1.74 bits per heavy atom. The largest absolute Gasteiger partial charge is 0.313 e. The van der Waals surface area contributed by atoms with Crippen molar-refractivity contribution < 1.29 is 8.78 Å². The number of benzene rings is 1. The summed E-state index contributed by atoms with van der Waals surface area (Å²) in [6.45, 7) is 9.86. The highest BCUT2D eigenvalue weighted by molar-refractivity contribution is 5.55. The van der Waals surface area contributed by atoms with Crippen molar-refractivity contribution in [2.45, 2.75) is 27.7 Å². The molecule has 0 atom stereocenters. The zero-order valence-electron chi connectivity index (χ0n) is 12.1. The minimum Gasteiger partial charge on any atom is -0.313 e. The van der Waals surface area contributed by atoms with Crippen molar-refractivity contribution in [2.24, 2.45) is 11.8 Å². The van der Waals surface area contributed by atoms with Gasteiger partial charge in [0.25, 0.3) is 0 Å². The molecule has 0 unspecified atom stereocenters. The van der Waals surface area contributed by atoms with Crippen LogP contribution in [0.3, 0.4) is 0 Å². The number of rotatable bonds is 6. The maximum absolute atomic E-state index is 13.6. The Morgan fingerprint density at radius 3 is 2.21 bits per heavy atom. The van der Waals surface area contributed by atoms with Gasteiger partial charge in [-0.05, 0) is 36.6 Å². The zero-order chi connectivity index (χ0) is 14.4. The Balaban J connectivity index is 2.89. The molecule has 0 spiro atoms. The highest BCUT2D eigenvalue weighted by Gasteiger charge is 2.09. The fourth-order valence-electron chi connectivity index (χ4n) is 1.76. The molecule has 0 saturated heterocycles. The van der Waals surface area contributed by atoms with E-state index in [1.54, 1.807) is 6.08 Å². The van der Waals surface area contributed by atoms with Crippen LogP contribution >= 0.6 is 0 Å². The molecule has 0 fully saturated rings. The summed E-state index contributed by atoms with van der Waals surface area (Å²) in [5.74, 6) is -0.221. The lowest BCUT2D eigenvalue weighted by molar-refractivity contribution is 0.556. The lowest BCUT2D eigenvalue weighted by Gasteiger charge is -2.14. The van der Waals surface area contributed by atoms with Gasteiger partial charge in [0.1, 0.15) is 11.6 Å². The molecule has 0 aliphatic heterocycles. The van der Waals surface area contributed by atoms with Gasteiger partial charge in [0.15, 0.2) is 0 Å². The monoisotopic (exact) mass is 267 g/mol. The third-order valence-corrected chi connectivity index (χ3v) is 2.95. The van der Waals surface area contributed by atoms with Crippen LogP contribution in [0.15, 0.2) is 23.8 Å². The van der Waals surface area contributed by atoms with E-state index in [1.165, 1.54) is 18.2 Å². The van der Waals surface area contributed by atoms with Gasteiger partial charge in [-0.2, -0.15) is 0 Å². The van der Waals surface area contributed by atoms with E-state index in [9.17, 15) is 8.78 Å². The lowest BCUT2D eigenvalue weighted by Crippen LogP contribution is -2.23. The normalized spacial score (nSPS) is 12.5. The highest BCUT2D eigenvalue weighted by Crippen LogP contribution is 2.19. The van der Waals surface area contributed by atoms with Gasteiger partial charge in [0.2, 0.25) is 0 Å². The van der Waals surface area contributed by atoms with Crippen LogP contribution in [0.2, 0.25) is 0 Å². The molecular formula is C16H23F2N. The molecule has 1 N–H and O–H groups in total. The van der Waals surface area contributed by atoms with Crippen LogP contribution in [0.4, 0.5) is 8.78 Å². The summed E-state index contributed by atoms with van der Waals surface area (Å²) >= 11 is 0. The van der Waals surface area contributed by atoms with E-state index in [2.05, 4.69) is 19.2 Å². The molecule has 3 heteroatoms. The molecule has 0 aromatic heterocycles. The van der Waals surface area contributed by atoms with Crippen molar-refractivity contribution in [3.05, 3.63) is 41.0 Å². The highest BCUT2D eigenvalue weighted by atomic mass is 19.1. The summed E-state index contributed by atoms with van der Waals surface area (Å²) in [7, 11) is 0. The van der Waals surface area contributed by atoms with E-state index in [-0.39, 0.29) is 11.5 Å². The van der Waals surface area contributed by atoms with Crippen LogP contribution in [0.5, 0.6) is 0 Å². The standard InChI is InChI=1S/C16H23F2N/c1-11(2)9-19-10-13(12(3)4)8-14-15(17)6-5-7-16(14)18/h5-8,11-12,19H,9-10H2,1-4H3. The van der Waals surface area contributed by atoms with Crippen molar-refractivity contribution >= 4 is 6.08 Å². The molecule has 0 amide bonds. The molecule has 0 saturated carbocycles. The predicted molar refractivity (Wildman–Crippen MR) is 76.9 cm³/mol. The summed E-state index contributed by atoms with van der Waals surface area (Å²) in [5, 5.41) is 3.31. The second-order valence-corrected chi connectivity index (χ2v) is 5.53. The van der Waals surface area contributed by atoms with Crippen molar-refractivity contribution in [3.63, 3.8) is 0 Å². The summed E-state index contributed by atoms with van der Waals surface area (Å²) in [6.07, 6.45) is 1.63. The minimum absolute atomic E-state index is 0.0533. The maximum atomic E-state index is 13.6. The first kappa shape index (κ1) is 15.8. The Labute approximate surface area is 114 Å². The molecule has 1 nitrogen and oxygen atoms in total. The van der Waals surface area contributed by atoms with Crippen molar-refractivity contribution in [3.8, 4) is 0 Å². The van der Waals surface area contributed by atoms with Gasteiger partial charge in [0.05, 0.1) is 0 Å². The quantitative estimate of drug-likeness (QED) is 0.812. The average molecular weight is 267 g/mol. The van der Waals surface area contributed by atoms with Gasteiger partial charge in [-0.25, -0.2) is 8.78 Å². The Morgan fingerprint density at radius 1 is 1.16 bits per heavy atom. The third-order valence-electron chi connectivity index (χ3n) is 2.95. The summed E-state index contributed by atoms with van der Waals surface area (Å²) in [4.78, 5) is 0. The molecule has 1 aromatic rings. The number of nitrogens with one attached hydrogen (secondary N) is 1. The van der Waals surface area contributed by atoms with Crippen LogP contribution in [0, 0.1) is 23.5 Å². The second-order valence-electron chi connectivity index (χ2n) is 5.53. The van der Waals surface area contributed by atoms with Crippen LogP contribution in [-0.2, 0) is 0 Å². The van der Waals surface area contributed by atoms with Crippen molar-refractivity contribution in [2.75, 3.05) is 13.1 Å². The first-order valence-corrected chi connectivity index (χ1v) is 6.77. The Bertz CT molecular complexity index is 416.